The highest BCUT2D eigenvalue weighted by Crippen LogP contribution is 2.49. The van der Waals surface area contributed by atoms with Crippen LogP contribution in [0.1, 0.15) is 94.7 Å². The Balaban J connectivity index is 1.81. The molecule has 2 aliphatic carbocycles. The molecule has 1 atom stereocenters. The highest BCUT2D eigenvalue weighted by molar-refractivity contribution is 5.93. The van der Waals surface area contributed by atoms with Gasteiger partial charge in [0.1, 0.15) is 0 Å². The van der Waals surface area contributed by atoms with Crippen molar-refractivity contribution in [2.75, 3.05) is 0 Å². The molecule has 0 aliphatic heterocycles. The van der Waals surface area contributed by atoms with Crippen molar-refractivity contribution in [2.24, 2.45) is 5.92 Å². The van der Waals surface area contributed by atoms with Gasteiger partial charge in [0.2, 0.25) is 0 Å². The normalized spacial score (nSPS) is 16.6. The molecule has 1 unspecified atom stereocenters. The molecule has 2 aliphatic rings. The summed E-state index contributed by atoms with van der Waals surface area (Å²) in [5.74, 6) is 1.00. The number of allylic oxidation sites excluding steroid dienone is 9. The second kappa shape index (κ2) is 10.8. The summed E-state index contributed by atoms with van der Waals surface area (Å²) in [6.45, 7) is 20.1. The third kappa shape index (κ3) is 5.48. The van der Waals surface area contributed by atoms with Gasteiger partial charge in [0.15, 0.2) is 0 Å². The fourth-order valence-electron chi connectivity index (χ4n) is 4.69. The molecule has 0 spiro atoms. The summed E-state index contributed by atoms with van der Waals surface area (Å²) in [4.78, 5) is 0. The van der Waals surface area contributed by atoms with E-state index in [1.54, 1.807) is 0 Å². The zero-order valence-electron chi connectivity index (χ0n) is 20.0. The quantitative estimate of drug-likeness (QED) is 0.237. The lowest BCUT2D eigenvalue weighted by molar-refractivity contribution is 0.587. The predicted octanol–water partition coefficient (Wildman–Crippen LogP) is 9.59. The van der Waals surface area contributed by atoms with E-state index in [9.17, 15) is 0 Å². The van der Waals surface area contributed by atoms with Crippen molar-refractivity contribution >= 4 is 11.1 Å². The van der Waals surface area contributed by atoms with Crippen molar-refractivity contribution in [3.63, 3.8) is 0 Å². The molecule has 0 nitrogen and oxygen atoms in total. The Kier molecular flexibility index (Phi) is 8.13. The Labute approximate surface area is 190 Å². The van der Waals surface area contributed by atoms with Gasteiger partial charge in [-0.25, -0.2) is 0 Å². The van der Waals surface area contributed by atoms with Gasteiger partial charge in [-0.15, -0.1) is 0 Å². The van der Waals surface area contributed by atoms with E-state index in [2.05, 4.69) is 83.0 Å². The second-order valence-corrected chi connectivity index (χ2v) is 9.64. The van der Waals surface area contributed by atoms with Gasteiger partial charge in [-0.05, 0) is 82.2 Å². The molecule has 0 heteroatoms. The molecule has 0 fully saturated rings. The number of rotatable bonds is 12. The first-order valence-corrected chi connectivity index (χ1v) is 12.2. The molecular weight excluding hydrogens is 372 g/mol. The van der Waals surface area contributed by atoms with Crippen molar-refractivity contribution < 1.29 is 0 Å². The summed E-state index contributed by atoms with van der Waals surface area (Å²) in [7, 11) is 0. The number of fused-ring (bicyclic) bond motifs is 3. The summed E-state index contributed by atoms with van der Waals surface area (Å²) >= 11 is 0. The Morgan fingerprint density at radius 1 is 0.968 bits per heavy atom. The zero-order valence-corrected chi connectivity index (χ0v) is 20.0. The van der Waals surface area contributed by atoms with E-state index in [0.29, 0.717) is 11.8 Å². The molecule has 0 saturated heterocycles. The lowest BCUT2D eigenvalue weighted by Gasteiger charge is -2.15. The molecule has 1 aromatic rings. The van der Waals surface area contributed by atoms with E-state index < -0.39 is 0 Å². The second-order valence-electron chi connectivity index (χ2n) is 9.64. The summed E-state index contributed by atoms with van der Waals surface area (Å²) in [5, 5.41) is 0. The fraction of sp³-hybridized carbons (Fsp3) is 0.419. The lowest BCUT2D eigenvalue weighted by atomic mass is 9.89. The summed E-state index contributed by atoms with van der Waals surface area (Å²) in [5.41, 5.74) is 10.2. The van der Waals surface area contributed by atoms with Crippen LogP contribution >= 0.6 is 0 Å². The van der Waals surface area contributed by atoms with Crippen LogP contribution in [0.4, 0.5) is 0 Å². The molecule has 0 bridgehead atoms. The Morgan fingerprint density at radius 2 is 1.74 bits per heavy atom. The van der Waals surface area contributed by atoms with Gasteiger partial charge in [-0.1, -0.05) is 103 Å². The van der Waals surface area contributed by atoms with Crippen LogP contribution in [0.3, 0.4) is 0 Å². The topological polar surface area (TPSA) is 0 Å². The number of benzene rings is 1. The van der Waals surface area contributed by atoms with E-state index in [-0.39, 0.29) is 0 Å². The van der Waals surface area contributed by atoms with Crippen molar-refractivity contribution in [1.29, 1.82) is 0 Å². The molecule has 0 radical (unpaired) electrons. The van der Waals surface area contributed by atoms with Crippen molar-refractivity contribution in [3.05, 3.63) is 95.6 Å². The van der Waals surface area contributed by atoms with Crippen LogP contribution in [0.2, 0.25) is 0 Å². The third-order valence-electron chi connectivity index (χ3n) is 6.71. The van der Waals surface area contributed by atoms with Crippen LogP contribution in [0.15, 0.2) is 79.0 Å². The van der Waals surface area contributed by atoms with Crippen LogP contribution in [0.5, 0.6) is 0 Å². The minimum absolute atomic E-state index is 0.321. The maximum atomic E-state index is 4.49. The van der Waals surface area contributed by atoms with E-state index >= 15 is 0 Å². The molecule has 0 heterocycles. The number of unbranched alkanes of at least 4 members (excludes halogenated alkanes) is 4. The van der Waals surface area contributed by atoms with Crippen LogP contribution < -0.4 is 0 Å². The van der Waals surface area contributed by atoms with Crippen LogP contribution in [0, 0.1) is 5.92 Å². The minimum atomic E-state index is 0.321. The average Bonchev–Trinajstić information content (AvgIpc) is 3.10. The first-order valence-electron chi connectivity index (χ1n) is 12.2. The molecule has 3 rings (SSSR count). The lowest BCUT2D eigenvalue weighted by Crippen LogP contribution is -1.97. The Hall–Kier alpha value is -2.34. The summed E-state index contributed by atoms with van der Waals surface area (Å²) < 4.78 is 0. The highest BCUT2D eigenvalue weighted by atomic mass is 14.3. The molecule has 31 heavy (non-hydrogen) atoms. The monoisotopic (exact) mass is 412 g/mol. The van der Waals surface area contributed by atoms with Gasteiger partial charge in [0, 0.05) is 5.92 Å². The van der Waals surface area contributed by atoms with Crippen molar-refractivity contribution in [1.82, 2.24) is 0 Å². The summed E-state index contributed by atoms with van der Waals surface area (Å²) in [6.07, 6.45) is 18.7. The van der Waals surface area contributed by atoms with Crippen LogP contribution in [-0.4, -0.2) is 0 Å². The third-order valence-corrected chi connectivity index (χ3v) is 6.71. The SMILES string of the molecule is C=C(CCC(C)C)C(=C)C1=C2C=CC=CC2c2cc(C(=C)CCCCCCC)ccc21. The van der Waals surface area contributed by atoms with Crippen LogP contribution in [-0.2, 0) is 0 Å². The zero-order chi connectivity index (χ0) is 22.4. The highest BCUT2D eigenvalue weighted by Gasteiger charge is 2.31. The van der Waals surface area contributed by atoms with Gasteiger partial charge < -0.3 is 0 Å². The maximum Gasteiger partial charge on any atom is 0.0285 e. The molecule has 0 aromatic heterocycles. The van der Waals surface area contributed by atoms with Gasteiger partial charge in [-0.2, -0.15) is 0 Å². The Morgan fingerprint density at radius 3 is 2.48 bits per heavy atom. The van der Waals surface area contributed by atoms with E-state index in [0.717, 1.165) is 24.8 Å². The van der Waals surface area contributed by atoms with Gasteiger partial charge in [-0.3, -0.25) is 0 Å². The molecule has 164 valence electrons. The average molecular weight is 413 g/mol. The largest absolute Gasteiger partial charge is 0.0952 e. The molecule has 1 aromatic carbocycles. The van der Waals surface area contributed by atoms with E-state index in [1.165, 1.54) is 71.1 Å². The van der Waals surface area contributed by atoms with Gasteiger partial charge >= 0.3 is 0 Å². The molecular formula is C31H40. The van der Waals surface area contributed by atoms with Crippen molar-refractivity contribution in [3.8, 4) is 0 Å². The smallest absolute Gasteiger partial charge is 0.0285 e. The fourth-order valence-corrected chi connectivity index (χ4v) is 4.69. The number of hydrogen-bond donors (Lipinski definition) is 0. The predicted molar refractivity (Wildman–Crippen MR) is 139 cm³/mol. The van der Waals surface area contributed by atoms with Gasteiger partial charge in [0.25, 0.3) is 0 Å². The minimum Gasteiger partial charge on any atom is -0.0952 e. The maximum absolute atomic E-state index is 4.49. The van der Waals surface area contributed by atoms with E-state index in [4.69, 9.17) is 0 Å². The first kappa shape index (κ1) is 23.3. The summed E-state index contributed by atoms with van der Waals surface area (Å²) in [6, 6.07) is 6.95. The van der Waals surface area contributed by atoms with Crippen molar-refractivity contribution in [2.45, 2.75) is 78.1 Å². The Bertz CT molecular complexity index is 929. The number of hydrogen-bond acceptors (Lipinski definition) is 0. The standard InChI is InChI=1S/C31H40/c1-7-8-9-10-11-14-24(5)26-19-20-29-30(21-26)27-15-12-13-16-28(27)31(29)25(6)23(4)18-17-22(2)3/h12-13,15-16,19-22,27H,4-11,14,17-18H2,1-3H3. The first-order chi connectivity index (χ1) is 14.9. The molecule has 0 amide bonds. The molecule has 0 saturated carbocycles. The van der Waals surface area contributed by atoms with Crippen LogP contribution in [0.25, 0.3) is 11.1 Å². The molecule has 0 N–H and O–H groups in total. The van der Waals surface area contributed by atoms with Gasteiger partial charge in [0.05, 0.1) is 0 Å². The van der Waals surface area contributed by atoms with E-state index in [1.807, 2.05) is 0 Å².